The zero-order chi connectivity index (χ0) is 25.5. The molecule has 3 amide bonds. The van der Waals surface area contributed by atoms with Gasteiger partial charge in [-0.2, -0.15) is 0 Å². The molecule has 8 heteroatoms. The molecule has 1 aromatic heterocycles. The lowest BCUT2D eigenvalue weighted by atomic mass is 9.94. The number of rotatable bonds is 8. The van der Waals surface area contributed by atoms with Gasteiger partial charge in [0.2, 0.25) is 5.91 Å². The van der Waals surface area contributed by atoms with Crippen molar-refractivity contribution in [2.75, 3.05) is 11.9 Å². The summed E-state index contributed by atoms with van der Waals surface area (Å²) in [5.41, 5.74) is 1.43. The highest BCUT2D eigenvalue weighted by atomic mass is 35.5. The first kappa shape index (κ1) is 26.2. The second-order valence-corrected chi connectivity index (χ2v) is 11.0. The SMILES string of the molecule is Cc1ccc(CN(Cc2ccccc2)C(=O)CN(C(=O)Nc2ccc(F)c(Cl)c2)C2CCCCC2)s1. The van der Waals surface area contributed by atoms with E-state index < -0.39 is 5.82 Å². The van der Waals surface area contributed by atoms with Crippen LogP contribution < -0.4 is 5.32 Å². The van der Waals surface area contributed by atoms with Crippen molar-refractivity contribution in [1.29, 1.82) is 0 Å². The van der Waals surface area contributed by atoms with Crippen LogP contribution in [0.3, 0.4) is 0 Å². The van der Waals surface area contributed by atoms with Gasteiger partial charge in [-0.25, -0.2) is 9.18 Å². The van der Waals surface area contributed by atoms with E-state index in [1.54, 1.807) is 16.2 Å². The standard InChI is InChI=1S/C28H31ClFN3O2S/c1-20-12-14-24(36-20)18-32(17-21-8-4-2-5-9-21)27(34)19-33(23-10-6-3-7-11-23)28(35)31-22-13-15-26(30)25(29)16-22/h2,4-5,8-9,12-16,23H,3,6-7,10-11,17-19H2,1H3,(H,31,35). The monoisotopic (exact) mass is 527 g/mol. The predicted octanol–water partition coefficient (Wildman–Crippen LogP) is 7.24. The quantitative estimate of drug-likeness (QED) is 0.335. The number of thiophene rings is 1. The van der Waals surface area contributed by atoms with Crippen LogP contribution >= 0.6 is 22.9 Å². The first-order valence-electron chi connectivity index (χ1n) is 12.3. The normalized spacial score (nSPS) is 13.9. The topological polar surface area (TPSA) is 52.7 Å². The van der Waals surface area contributed by atoms with E-state index in [0.717, 1.165) is 42.5 Å². The Bertz CT molecular complexity index is 1180. The molecule has 4 rings (SSSR count). The number of carbonyl (C=O) groups excluding carboxylic acids is 2. The summed E-state index contributed by atoms with van der Waals surface area (Å²) in [6.07, 6.45) is 4.88. The van der Waals surface area contributed by atoms with Crippen LogP contribution in [0.25, 0.3) is 0 Å². The van der Waals surface area contributed by atoms with Crippen molar-refractivity contribution >= 4 is 40.6 Å². The maximum Gasteiger partial charge on any atom is 0.322 e. The molecule has 1 aliphatic carbocycles. The summed E-state index contributed by atoms with van der Waals surface area (Å²) in [6.45, 7) is 2.97. The van der Waals surface area contributed by atoms with E-state index in [1.165, 1.54) is 23.1 Å². The third kappa shape index (κ3) is 7.08. The molecule has 0 aliphatic heterocycles. The smallest absolute Gasteiger partial charge is 0.322 e. The number of halogens is 2. The zero-order valence-electron chi connectivity index (χ0n) is 20.4. The Morgan fingerprint density at radius 2 is 1.78 bits per heavy atom. The molecule has 0 unspecified atom stereocenters. The van der Waals surface area contributed by atoms with E-state index in [-0.39, 0.29) is 29.5 Å². The van der Waals surface area contributed by atoms with E-state index in [2.05, 4.69) is 17.4 Å². The van der Waals surface area contributed by atoms with E-state index in [9.17, 15) is 14.0 Å². The average Bonchev–Trinajstić information content (AvgIpc) is 3.29. The number of nitrogens with one attached hydrogen (secondary N) is 1. The molecule has 0 bridgehead atoms. The molecular weight excluding hydrogens is 497 g/mol. The van der Waals surface area contributed by atoms with Crippen LogP contribution in [-0.4, -0.2) is 34.3 Å². The van der Waals surface area contributed by atoms with Crippen molar-refractivity contribution < 1.29 is 14.0 Å². The number of aryl methyl sites for hydroxylation is 1. The summed E-state index contributed by atoms with van der Waals surface area (Å²) in [5.74, 6) is -0.655. The van der Waals surface area contributed by atoms with Crippen molar-refractivity contribution in [3.8, 4) is 0 Å². The zero-order valence-corrected chi connectivity index (χ0v) is 22.0. The number of hydrogen-bond acceptors (Lipinski definition) is 3. The van der Waals surface area contributed by atoms with Gasteiger partial charge in [0.05, 0.1) is 11.6 Å². The molecule has 3 aromatic rings. The Morgan fingerprint density at radius 3 is 2.44 bits per heavy atom. The Hall–Kier alpha value is -2.90. The minimum atomic E-state index is -0.547. The van der Waals surface area contributed by atoms with Gasteiger partial charge in [-0.05, 0) is 55.7 Å². The fourth-order valence-electron chi connectivity index (χ4n) is 4.57. The van der Waals surface area contributed by atoms with Crippen molar-refractivity contribution in [1.82, 2.24) is 9.80 Å². The maximum atomic E-state index is 13.7. The molecule has 0 atom stereocenters. The molecule has 0 radical (unpaired) electrons. The molecule has 5 nitrogen and oxygen atoms in total. The van der Waals surface area contributed by atoms with Crippen molar-refractivity contribution in [2.24, 2.45) is 0 Å². The second kappa shape index (κ2) is 12.4. The largest absolute Gasteiger partial charge is 0.332 e. The predicted molar refractivity (Wildman–Crippen MR) is 144 cm³/mol. The minimum Gasteiger partial charge on any atom is -0.332 e. The van der Waals surface area contributed by atoms with Crippen molar-refractivity contribution in [2.45, 2.75) is 58.2 Å². The van der Waals surface area contributed by atoms with Gasteiger partial charge in [0.15, 0.2) is 0 Å². The van der Waals surface area contributed by atoms with E-state index >= 15 is 0 Å². The Morgan fingerprint density at radius 1 is 1.03 bits per heavy atom. The van der Waals surface area contributed by atoms with Gasteiger partial charge in [-0.1, -0.05) is 61.2 Å². The van der Waals surface area contributed by atoms with Gasteiger partial charge >= 0.3 is 6.03 Å². The fraction of sp³-hybridized carbons (Fsp3) is 0.357. The molecular formula is C28H31ClFN3O2S. The lowest BCUT2D eigenvalue weighted by Crippen LogP contribution is -2.49. The van der Waals surface area contributed by atoms with Crippen LogP contribution in [0.5, 0.6) is 0 Å². The van der Waals surface area contributed by atoms with Crippen LogP contribution in [0.15, 0.2) is 60.7 Å². The summed E-state index contributed by atoms with van der Waals surface area (Å²) in [6, 6.07) is 17.7. The summed E-state index contributed by atoms with van der Waals surface area (Å²) < 4.78 is 13.6. The minimum absolute atomic E-state index is 0.0252. The molecule has 1 saturated carbocycles. The molecule has 1 fully saturated rings. The number of anilines is 1. The summed E-state index contributed by atoms with van der Waals surface area (Å²) in [7, 11) is 0. The molecule has 36 heavy (non-hydrogen) atoms. The molecule has 0 spiro atoms. The third-order valence-electron chi connectivity index (χ3n) is 6.46. The first-order valence-corrected chi connectivity index (χ1v) is 13.5. The van der Waals surface area contributed by atoms with Crippen LogP contribution in [0.2, 0.25) is 5.02 Å². The lowest BCUT2D eigenvalue weighted by molar-refractivity contribution is -0.133. The van der Waals surface area contributed by atoms with Crippen LogP contribution in [0.1, 0.15) is 47.4 Å². The van der Waals surface area contributed by atoms with E-state index in [1.807, 2.05) is 42.2 Å². The number of nitrogens with zero attached hydrogens (tertiary/aromatic N) is 2. The van der Waals surface area contributed by atoms with Gasteiger partial charge < -0.3 is 15.1 Å². The number of urea groups is 1. The summed E-state index contributed by atoms with van der Waals surface area (Å²) in [4.78, 5) is 32.9. The molecule has 2 aromatic carbocycles. The van der Waals surface area contributed by atoms with Crippen LogP contribution in [0, 0.1) is 12.7 Å². The number of carbonyl (C=O) groups is 2. The Balaban J connectivity index is 1.54. The van der Waals surface area contributed by atoms with Gasteiger partial charge in [0.25, 0.3) is 0 Å². The average molecular weight is 528 g/mol. The lowest BCUT2D eigenvalue weighted by Gasteiger charge is -2.35. The first-order chi connectivity index (χ1) is 17.4. The fourth-order valence-corrected chi connectivity index (χ4v) is 5.66. The second-order valence-electron chi connectivity index (χ2n) is 9.23. The number of amides is 3. The van der Waals surface area contributed by atoms with Crippen molar-refractivity contribution in [3.05, 3.63) is 86.8 Å². The summed E-state index contributed by atoms with van der Waals surface area (Å²) >= 11 is 7.58. The Labute approximate surface area is 220 Å². The maximum absolute atomic E-state index is 13.7. The highest BCUT2D eigenvalue weighted by molar-refractivity contribution is 7.11. The highest BCUT2D eigenvalue weighted by Crippen LogP contribution is 2.26. The van der Waals surface area contributed by atoms with Gasteiger partial charge in [0.1, 0.15) is 12.4 Å². The van der Waals surface area contributed by atoms with E-state index in [0.29, 0.717) is 18.8 Å². The van der Waals surface area contributed by atoms with Gasteiger partial charge in [0, 0.05) is 28.0 Å². The third-order valence-corrected chi connectivity index (χ3v) is 7.74. The number of hydrogen-bond donors (Lipinski definition) is 1. The van der Waals surface area contributed by atoms with E-state index in [4.69, 9.17) is 11.6 Å². The van der Waals surface area contributed by atoms with Crippen LogP contribution in [-0.2, 0) is 17.9 Å². The number of benzene rings is 2. The van der Waals surface area contributed by atoms with Gasteiger partial charge in [-0.3, -0.25) is 4.79 Å². The van der Waals surface area contributed by atoms with Crippen LogP contribution in [0.4, 0.5) is 14.9 Å². The highest BCUT2D eigenvalue weighted by Gasteiger charge is 2.29. The molecule has 1 N–H and O–H groups in total. The molecule has 0 saturated heterocycles. The summed E-state index contributed by atoms with van der Waals surface area (Å²) in [5, 5.41) is 2.76. The molecule has 190 valence electrons. The van der Waals surface area contributed by atoms with Gasteiger partial charge in [-0.15, -0.1) is 11.3 Å². The van der Waals surface area contributed by atoms with Crippen molar-refractivity contribution in [3.63, 3.8) is 0 Å². The molecule has 1 heterocycles. The Kier molecular flexibility index (Phi) is 8.99. The molecule has 1 aliphatic rings.